The molecular weight excluding hydrogens is 368 g/mol. The van der Waals surface area contributed by atoms with Gasteiger partial charge in [0, 0.05) is 10.7 Å². The Morgan fingerprint density at radius 2 is 1.96 bits per heavy atom. The average molecular weight is 387 g/mol. The van der Waals surface area contributed by atoms with Crippen molar-refractivity contribution in [2.45, 2.75) is 19.8 Å². The van der Waals surface area contributed by atoms with Crippen molar-refractivity contribution in [2.24, 2.45) is 0 Å². The number of hydrogen-bond donors (Lipinski definition) is 0. The van der Waals surface area contributed by atoms with E-state index in [1.165, 1.54) is 0 Å². The largest absolute Gasteiger partial charge is 0.494 e. The van der Waals surface area contributed by atoms with Gasteiger partial charge in [-0.15, -0.1) is 0 Å². The van der Waals surface area contributed by atoms with Gasteiger partial charge in [0.2, 0.25) is 0 Å². The van der Waals surface area contributed by atoms with Crippen LogP contribution in [0.2, 0.25) is 0 Å². The molecule has 0 aliphatic heterocycles. The van der Waals surface area contributed by atoms with Crippen LogP contribution >= 0.6 is 15.9 Å². The molecule has 0 radical (unpaired) electrons. The van der Waals surface area contributed by atoms with Gasteiger partial charge in [0.1, 0.15) is 11.3 Å². The molecule has 2 aromatic carbocycles. The molecule has 0 spiro atoms. The van der Waals surface area contributed by atoms with E-state index in [1.54, 1.807) is 0 Å². The first-order chi connectivity index (χ1) is 11.7. The fourth-order valence-electron chi connectivity index (χ4n) is 2.58. The predicted molar refractivity (Wildman–Crippen MR) is 101 cm³/mol. The standard InChI is InChI=1S/C20H19BrO3/c1-14-7-8-19-16(11-14)13-18(20(22)24-19)15-5-4-6-17(12-15)23-10-3-2-9-21/h4-8,11-13H,2-3,9-10H2,1H3. The van der Waals surface area contributed by atoms with Crippen LogP contribution in [-0.4, -0.2) is 11.9 Å². The Kier molecular flexibility index (Phi) is 5.36. The molecule has 1 heterocycles. The van der Waals surface area contributed by atoms with E-state index in [9.17, 15) is 4.79 Å². The molecule has 124 valence electrons. The number of fused-ring (bicyclic) bond motifs is 1. The SMILES string of the molecule is Cc1ccc2oc(=O)c(-c3cccc(OCCCCBr)c3)cc2c1. The van der Waals surface area contributed by atoms with Gasteiger partial charge in [0.25, 0.3) is 0 Å². The second-order valence-electron chi connectivity index (χ2n) is 5.76. The molecule has 3 aromatic rings. The maximum atomic E-state index is 12.3. The van der Waals surface area contributed by atoms with Crippen LogP contribution in [0.25, 0.3) is 22.1 Å². The van der Waals surface area contributed by atoms with E-state index in [4.69, 9.17) is 9.15 Å². The molecule has 24 heavy (non-hydrogen) atoms. The molecule has 4 heteroatoms. The van der Waals surface area contributed by atoms with E-state index in [-0.39, 0.29) is 5.63 Å². The Bertz CT molecular complexity index is 899. The minimum Gasteiger partial charge on any atom is -0.494 e. The Morgan fingerprint density at radius 3 is 2.79 bits per heavy atom. The van der Waals surface area contributed by atoms with Crippen LogP contribution < -0.4 is 10.4 Å². The number of benzene rings is 2. The number of halogens is 1. The van der Waals surface area contributed by atoms with Crippen LogP contribution in [0.15, 0.2) is 57.7 Å². The number of ether oxygens (including phenoxy) is 1. The number of alkyl halides is 1. The van der Waals surface area contributed by atoms with E-state index in [2.05, 4.69) is 15.9 Å². The third-order valence-electron chi connectivity index (χ3n) is 3.83. The lowest BCUT2D eigenvalue weighted by Crippen LogP contribution is -2.03. The van der Waals surface area contributed by atoms with Crippen molar-refractivity contribution in [1.29, 1.82) is 0 Å². The second-order valence-corrected chi connectivity index (χ2v) is 6.55. The highest BCUT2D eigenvalue weighted by molar-refractivity contribution is 9.09. The van der Waals surface area contributed by atoms with E-state index < -0.39 is 0 Å². The summed E-state index contributed by atoms with van der Waals surface area (Å²) < 4.78 is 11.2. The summed E-state index contributed by atoms with van der Waals surface area (Å²) in [4.78, 5) is 12.3. The highest BCUT2D eigenvalue weighted by atomic mass is 79.9. The number of unbranched alkanes of at least 4 members (excludes halogenated alkanes) is 1. The third kappa shape index (κ3) is 3.88. The van der Waals surface area contributed by atoms with E-state index in [0.29, 0.717) is 17.8 Å². The smallest absolute Gasteiger partial charge is 0.344 e. The topological polar surface area (TPSA) is 39.4 Å². The molecule has 3 nitrogen and oxygen atoms in total. The summed E-state index contributed by atoms with van der Waals surface area (Å²) in [6.45, 7) is 2.69. The molecule has 0 fully saturated rings. The van der Waals surface area contributed by atoms with Gasteiger partial charge in [-0.05, 0) is 55.7 Å². The molecule has 0 aliphatic rings. The van der Waals surface area contributed by atoms with Gasteiger partial charge in [0.15, 0.2) is 0 Å². The lowest BCUT2D eigenvalue weighted by atomic mass is 10.0. The maximum absolute atomic E-state index is 12.3. The zero-order valence-corrected chi connectivity index (χ0v) is 15.1. The van der Waals surface area contributed by atoms with Crippen molar-refractivity contribution in [3.05, 3.63) is 64.5 Å². The van der Waals surface area contributed by atoms with Gasteiger partial charge in [-0.1, -0.05) is 39.7 Å². The summed E-state index contributed by atoms with van der Waals surface area (Å²) in [5.41, 5.74) is 2.77. The third-order valence-corrected chi connectivity index (χ3v) is 4.39. The zero-order chi connectivity index (χ0) is 16.9. The molecule has 0 saturated heterocycles. The summed E-state index contributed by atoms with van der Waals surface area (Å²) in [5, 5.41) is 1.90. The zero-order valence-electron chi connectivity index (χ0n) is 13.5. The van der Waals surface area contributed by atoms with Crippen molar-refractivity contribution in [2.75, 3.05) is 11.9 Å². The van der Waals surface area contributed by atoms with Crippen LogP contribution in [0, 0.1) is 6.92 Å². The monoisotopic (exact) mass is 386 g/mol. The van der Waals surface area contributed by atoms with E-state index in [1.807, 2.05) is 55.5 Å². The molecule has 3 rings (SSSR count). The van der Waals surface area contributed by atoms with Crippen LogP contribution in [0.4, 0.5) is 0 Å². The van der Waals surface area contributed by atoms with Crippen molar-refractivity contribution >= 4 is 26.9 Å². The fraction of sp³-hybridized carbons (Fsp3) is 0.250. The van der Waals surface area contributed by atoms with Crippen molar-refractivity contribution < 1.29 is 9.15 Å². The van der Waals surface area contributed by atoms with Gasteiger partial charge in [0.05, 0.1) is 12.2 Å². The summed E-state index contributed by atoms with van der Waals surface area (Å²) in [6.07, 6.45) is 2.07. The highest BCUT2D eigenvalue weighted by Gasteiger charge is 2.09. The first kappa shape index (κ1) is 16.8. The normalized spacial score (nSPS) is 10.9. The molecule has 0 N–H and O–H groups in total. The van der Waals surface area contributed by atoms with E-state index >= 15 is 0 Å². The van der Waals surface area contributed by atoms with Crippen LogP contribution in [-0.2, 0) is 0 Å². The number of aryl methyl sites for hydroxylation is 1. The summed E-state index contributed by atoms with van der Waals surface area (Å²) >= 11 is 3.41. The second kappa shape index (κ2) is 7.67. The minimum absolute atomic E-state index is 0.331. The van der Waals surface area contributed by atoms with Crippen LogP contribution in [0.1, 0.15) is 18.4 Å². The van der Waals surface area contributed by atoms with Gasteiger partial charge in [-0.3, -0.25) is 0 Å². The molecule has 0 unspecified atom stereocenters. The van der Waals surface area contributed by atoms with Gasteiger partial charge >= 0.3 is 5.63 Å². The Balaban J connectivity index is 1.92. The van der Waals surface area contributed by atoms with Crippen molar-refractivity contribution in [1.82, 2.24) is 0 Å². The van der Waals surface area contributed by atoms with Crippen LogP contribution in [0.3, 0.4) is 0 Å². The molecular formula is C20H19BrO3. The van der Waals surface area contributed by atoms with Crippen molar-refractivity contribution in [3.8, 4) is 16.9 Å². The molecule has 0 amide bonds. The predicted octanol–water partition coefficient (Wildman–Crippen LogP) is 5.32. The molecule has 1 aromatic heterocycles. The van der Waals surface area contributed by atoms with E-state index in [0.717, 1.165) is 40.4 Å². The lowest BCUT2D eigenvalue weighted by molar-refractivity contribution is 0.310. The maximum Gasteiger partial charge on any atom is 0.344 e. The van der Waals surface area contributed by atoms with Gasteiger partial charge in [-0.2, -0.15) is 0 Å². The summed E-state index contributed by atoms with van der Waals surface area (Å²) in [7, 11) is 0. The Hall–Kier alpha value is -2.07. The Morgan fingerprint density at radius 1 is 1.08 bits per heavy atom. The molecule has 0 saturated carbocycles. The van der Waals surface area contributed by atoms with Crippen LogP contribution in [0.5, 0.6) is 5.75 Å². The summed E-state index contributed by atoms with van der Waals surface area (Å²) in [6, 6.07) is 15.3. The molecule has 0 aliphatic carbocycles. The lowest BCUT2D eigenvalue weighted by Gasteiger charge is -2.08. The minimum atomic E-state index is -0.331. The average Bonchev–Trinajstić information content (AvgIpc) is 2.59. The molecule has 0 atom stereocenters. The fourth-order valence-corrected chi connectivity index (χ4v) is 2.98. The quantitative estimate of drug-likeness (QED) is 0.326. The first-order valence-electron chi connectivity index (χ1n) is 8.01. The highest BCUT2D eigenvalue weighted by Crippen LogP contribution is 2.25. The summed E-state index contributed by atoms with van der Waals surface area (Å²) in [5.74, 6) is 0.769. The first-order valence-corrected chi connectivity index (χ1v) is 9.13. The Labute approximate surface area is 149 Å². The number of hydrogen-bond acceptors (Lipinski definition) is 3. The number of rotatable bonds is 6. The van der Waals surface area contributed by atoms with Crippen molar-refractivity contribution in [3.63, 3.8) is 0 Å². The van der Waals surface area contributed by atoms with Gasteiger partial charge < -0.3 is 9.15 Å². The van der Waals surface area contributed by atoms with Gasteiger partial charge in [-0.25, -0.2) is 4.79 Å². The molecule has 0 bridgehead atoms.